The van der Waals surface area contributed by atoms with Gasteiger partial charge in [0.25, 0.3) is 0 Å². The first-order valence-electron chi connectivity index (χ1n) is 3.67. The average Bonchev–Trinajstić information content (AvgIpc) is 2.04. The Hall–Kier alpha value is -1.43. The van der Waals surface area contributed by atoms with E-state index < -0.39 is 0 Å². The van der Waals surface area contributed by atoms with Crippen molar-refractivity contribution in [1.82, 2.24) is 0 Å². The quantitative estimate of drug-likeness (QED) is 0.495. The van der Waals surface area contributed by atoms with E-state index in [2.05, 4.69) is 31.2 Å². The molecular weight excluding hydrogens is 132 g/mol. The van der Waals surface area contributed by atoms with E-state index in [9.17, 15) is 0 Å². The van der Waals surface area contributed by atoms with E-state index in [0.717, 1.165) is 5.56 Å². The highest BCUT2D eigenvalue weighted by atomic mass is 13.9. The highest BCUT2D eigenvalue weighted by Gasteiger charge is 1.83. The lowest BCUT2D eigenvalue weighted by Crippen LogP contribution is -1.73. The minimum absolute atomic E-state index is 1.07. The molecule has 54 valence electrons. The largest absolute Gasteiger partial charge is 0.199 e. The lowest BCUT2D eigenvalue weighted by Gasteiger charge is -2.03. The minimum atomic E-state index is 1.07. The van der Waals surface area contributed by atoms with Gasteiger partial charge in [-0.15, -0.1) is 6.07 Å². The Morgan fingerprint density at radius 1 is 0.818 bits per heavy atom. The first-order chi connectivity index (χ1) is 5.36. The molecule has 0 amide bonds. The summed E-state index contributed by atoms with van der Waals surface area (Å²) in [4.78, 5) is 0. The smallest absolute Gasteiger partial charge is 0.0427 e. The summed E-state index contributed by atoms with van der Waals surface area (Å²) in [6.45, 7) is 3.87. The average molecular weight is 141 g/mol. The maximum atomic E-state index is 3.87. The van der Waals surface area contributed by atoms with Crippen LogP contribution in [0.15, 0.2) is 42.5 Å². The van der Waals surface area contributed by atoms with E-state index in [4.69, 9.17) is 0 Å². The van der Waals surface area contributed by atoms with Crippen LogP contribution in [0.1, 0.15) is 5.56 Å². The van der Waals surface area contributed by atoms with Crippen molar-refractivity contribution in [2.75, 3.05) is 0 Å². The van der Waals surface area contributed by atoms with Gasteiger partial charge in [-0.05, 0) is 5.39 Å². The van der Waals surface area contributed by atoms with Crippen molar-refractivity contribution in [2.45, 2.75) is 0 Å². The molecule has 2 aromatic rings. The summed E-state index contributed by atoms with van der Waals surface area (Å²) >= 11 is 0. The molecule has 0 saturated heterocycles. The summed E-state index contributed by atoms with van der Waals surface area (Å²) < 4.78 is 0. The number of hydrogen-bond donors (Lipinski definition) is 0. The molecule has 0 nitrogen and oxygen atoms in total. The van der Waals surface area contributed by atoms with Gasteiger partial charge in [-0.2, -0.15) is 24.6 Å². The van der Waals surface area contributed by atoms with Crippen molar-refractivity contribution in [3.8, 4) is 0 Å². The molecule has 0 saturated carbocycles. The third kappa shape index (κ3) is 1.07. The molecule has 0 aromatic heterocycles. The third-order valence-corrected chi connectivity index (χ3v) is 1.81. The molecule has 0 bridgehead atoms. The molecule has 0 aliphatic heterocycles. The van der Waals surface area contributed by atoms with E-state index >= 15 is 0 Å². The Morgan fingerprint density at radius 2 is 1.55 bits per heavy atom. The summed E-state index contributed by atoms with van der Waals surface area (Å²) in [5.74, 6) is 0. The maximum Gasteiger partial charge on any atom is -0.0427 e. The van der Waals surface area contributed by atoms with Crippen LogP contribution in [0.4, 0.5) is 0 Å². The zero-order valence-corrected chi connectivity index (χ0v) is 6.25. The van der Waals surface area contributed by atoms with Crippen LogP contribution in [-0.2, 0) is 0 Å². The number of benzene rings is 2. The minimum Gasteiger partial charge on any atom is -0.199 e. The third-order valence-electron chi connectivity index (χ3n) is 1.81. The Labute approximate surface area is 66.5 Å². The molecule has 0 radical (unpaired) electrons. The number of fused-ring (bicyclic) bond motifs is 1. The van der Waals surface area contributed by atoms with Crippen LogP contribution < -0.4 is 0 Å². The first kappa shape index (κ1) is 6.29. The normalized spacial score (nSPS) is 10.2. The predicted molar refractivity (Wildman–Crippen MR) is 48.4 cm³/mol. The van der Waals surface area contributed by atoms with Crippen molar-refractivity contribution < 1.29 is 0 Å². The molecule has 0 N–H and O–H groups in total. The molecule has 0 aliphatic carbocycles. The summed E-state index contributed by atoms with van der Waals surface area (Å²) in [5, 5.41) is 2.54. The Bertz CT molecular complexity index is 374. The highest BCUT2D eigenvalue weighted by Crippen LogP contribution is 2.14. The van der Waals surface area contributed by atoms with Crippen molar-refractivity contribution in [3.05, 3.63) is 55.0 Å². The van der Waals surface area contributed by atoms with E-state index in [0.29, 0.717) is 0 Å². The lowest BCUT2D eigenvalue weighted by atomic mass is 10.1. The van der Waals surface area contributed by atoms with Gasteiger partial charge in [0.1, 0.15) is 0 Å². The highest BCUT2D eigenvalue weighted by molar-refractivity contribution is 5.83. The van der Waals surface area contributed by atoms with E-state index in [1.54, 1.807) is 0 Å². The topological polar surface area (TPSA) is 0 Å². The molecule has 0 fully saturated rings. The van der Waals surface area contributed by atoms with Gasteiger partial charge < -0.3 is 0 Å². The van der Waals surface area contributed by atoms with Crippen molar-refractivity contribution in [2.24, 2.45) is 0 Å². The molecule has 0 heteroatoms. The molecule has 2 aromatic carbocycles. The zero-order valence-electron chi connectivity index (χ0n) is 6.25. The van der Waals surface area contributed by atoms with Crippen molar-refractivity contribution in [1.29, 1.82) is 0 Å². The van der Waals surface area contributed by atoms with Crippen molar-refractivity contribution in [3.63, 3.8) is 0 Å². The van der Waals surface area contributed by atoms with Crippen LogP contribution in [0.25, 0.3) is 10.8 Å². The van der Waals surface area contributed by atoms with Gasteiger partial charge in [-0.3, -0.25) is 0 Å². The number of hydrogen-bond acceptors (Lipinski definition) is 0. The van der Waals surface area contributed by atoms with Gasteiger partial charge in [-0.25, -0.2) is 0 Å². The van der Waals surface area contributed by atoms with Gasteiger partial charge in [-0.1, -0.05) is 29.7 Å². The van der Waals surface area contributed by atoms with E-state index in [1.165, 1.54) is 10.8 Å². The molecule has 0 atom stereocenters. The molecule has 0 spiro atoms. The van der Waals surface area contributed by atoms with Gasteiger partial charge in [0.2, 0.25) is 0 Å². The summed E-state index contributed by atoms with van der Waals surface area (Å²) in [6, 6.07) is 14.5. The predicted octanol–water partition coefficient (Wildman–Crippen LogP) is 3.02. The van der Waals surface area contributed by atoms with Crippen LogP contribution in [0.5, 0.6) is 0 Å². The fraction of sp³-hybridized carbons (Fsp3) is 0. The summed E-state index contributed by atoms with van der Waals surface area (Å²) in [5.41, 5.74) is 1.07. The molecule has 2 rings (SSSR count). The standard InChI is InChI=1S/C11H9/c1-9-6-7-10-4-2-3-5-11(10)8-9/h2-8H,1H2/q-1. The van der Waals surface area contributed by atoms with Crippen LogP contribution in [-0.4, -0.2) is 0 Å². The van der Waals surface area contributed by atoms with Gasteiger partial charge >= 0.3 is 0 Å². The van der Waals surface area contributed by atoms with Crippen LogP contribution in [0, 0.1) is 6.92 Å². The van der Waals surface area contributed by atoms with Gasteiger partial charge in [0.05, 0.1) is 0 Å². The molecule has 0 heterocycles. The molecule has 0 aliphatic rings. The first-order valence-corrected chi connectivity index (χ1v) is 3.67. The van der Waals surface area contributed by atoms with Crippen LogP contribution in [0.2, 0.25) is 0 Å². The Morgan fingerprint density at radius 3 is 2.36 bits per heavy atom. The van der Waals surface area contributed by atoms with E-state index in [1.807, 2.05) is 18.2 Å². The number of rotatable bonds is 0. The summed E-state index contributed by atoms with van der Waals surface area (Å²) in [6.07, 6.45) is 0. The molecule has 11 heavy (non-hydrogen) atoms. The Kier molecular flexibility index (Phi) is 1.32. The SMILES string of the molecule is [CH2-]c1ccc2ccccc2c1. The van der Waals surface area contributed by atoms with Crippen LogP contribution in [0.3, 0.4) is 0 Å². The fourth-order valence-corrected chi connectivity index (χ4v) is 1.24. The molecular formula is C11H9-. The van der Waals surface area contributed by atoms with Crippen molar-refractivity contribution >= 4 is 10.8 Å². The second-order valence-corrected chi connectivity index (χ2v) is 2.68. The maximum absolute atomic E-state index is 3.87. The Balaban J connectivity index is 2.83. The zero-order chi connectivity index (χ0) is 7.68. The fourth-order valence-electron chi connectivity index (χ4n) is 1.24. The second kappa shape index (κ2) is 2.31. The second-order valence-electron chi connectivity index (χ2n) is 2.68. The van der Waals surface area contributed by atoms with Gasteiger partial charge in [0, 0.05) is 0 Å². The summed E-state index contributed by atoms with van der Waals surface area (Å²) in [7, 11) is 0. The lowest BCUT2D eigenvalue weighted by molar-refractivity contribution is 1.66. The van der Waals surface area contributed by atoms with E-state index in [-0.39, 0.29) is 0 Å². The van der Waals surface area contributed by atoms with Crippen LogP contribution >= 0.6 is 0 Å². The monoisotopic (exact) mass is 141 g/mol. The van der Waals surface area contributed by atoms with Gasteiger partial charge in [0.15, 0.2) is 0 Å². The molecule has 0 unspecified atom stereocenters.